The first-order chi connectivity index (χ1) is 18.5. The second-order valence-electron chi connectivity index (χ2n) is 10.1. The SMILES string of the molecule is COc1ccc(-c2nnn(CC(=O)N(Cc3ccccc3Cl)[C@@H](C(=O)NC(C)(C)C)c3ccc(C)o3)n2)cc1. The van der Waals surface area contributed by atoms with E-state index in [-0.39, 0.29) is 19.0 Å². The zero-order valence-corrected chi connectivity index (χ0v) is 23.3. The molecule has 0 radical (unpaired) electrons. The van der Waals surface area contributed by atoms with Gasteiger partial charge in [-0.3, -0.25) is 9.59 Å². The van der Waals surface area contributed by atoms with Crippen molar-refractivity contribution in [1.29, 1.82) is 0 Å². The molecular weight excluding hydrogens is 520 g/mol. The van der Waals surface area contributed by atoms with Crippen LogP contribution in [0.4, 0.5) is 0 Å². The Morgan fingerprint density at radius 3 is 2.44 bits per heavy atom. The topological polar surface area (TPSA) is 115 Å². The molecule has 4 rings (SSSR count). The highest BCUT2D eigenvalue weighted by Crippen LogP contribution is 2.28. The van der Waals surface area contributed by atoms with Gasteiger partial charge in [0.25, 0.3) is 5.91 Å². The predicted molar refractivity (Wildman–Crippen MR) is 146 cm³/mol. The normalized spacial score (nSPS) is 12.2. The van der Waals surface area contributed by atoms with E-state index in [0.29, 0.717) is 33.7 Å². The number of ether oxygens (including phenoxy) is 1. The molecule has 0 bridgehead atoms. The van der Waals surface area contributed by atoms with Gasteiger partial charge in [0.1, 0.15) is 23.8 Å². The highest BCUT2D eigenvalue weighted by molar-refractivity contribution is 6.31. The van der Waals surface area contributed by atoms with E-state index in [9.17, 15) is 9.59 Å². The number of aromatic nitrogens is 4. The van der Waals surface area contributed by atoms with Gasteiger partial charge in [0.15, 0.2) is 6.04 Å². The van der Waals surface area contributed by atoms with Crippen LogP contribution in [0, 0.1) is 6.92 Å². The van der Waals surface area contributed by atoms with Crippen LogP contribution in [-0.2, 0) is 22.7 Å². The van der Waals surface area contributed by atoms with Gasteiger partial charge in [-0.05, 0) is 80.9 Å². The van der Waals surface area contributed by atoms with Crippen molar-refractivity contribution in [3.63, 3.8) is 0 Å². The first-order valence-electron chi connectivity index (χ1n) is 12.4. The second-order valence-corrected chi connectivity index (χ2v) is 10.5. The third kappa shape index (κ3) is 7.02. The quantitative estimate of drug-likeness (QED) is 0.324. The lowest BCUT2D eigenvalue weighted by Gasteiger charge is -2.32. The molecule has 2 heterocycles. The fraction of sp³-hybridized carbons (Fsp3) is 0.321. The van der Waals surface area contributed by atoms with Gasteiger partial charge in [-0.15, -0.1) is 10.2 Å². The average molecular weight is 551 g/mol. The fourth-order valence-corrected chi connectivity index (χ4v) is 4.17. The molecule has 39 heavy (non-hydrogen) atoms. The van der Waals surface area contributed by atoms with Crippen LogP contribution in [0.3, 0.4) is 0 Å². The van der Waals surface area contributed by atoms with Gasteiger partial charge in [0.2, 0.25) is 11.7 Å². The molecule has 11 heteroatoms. The first kappa shape index (κ1) is 27.8. The van der Waals surface area contributed by atoms with Gasteiger partial charge in [-0.25, -0.2) is 0 Å². The summed E-state index contributed by atoms with van der Waals surface area (Å²) in [7, 11) is 1.59. The van der Waals surface area contributed by atoms with Gasteiger partial charge in [0, 0.05) is 22.7 Å². The number of aryl methyl sites for hydroxylation is 1. The Morgan fingerprint density at radius 2 is 1.82 bits per heavy atom. The van der Waals surface area contributed by atoms with Crippen molar-refractivity contribution in [3.05, 3.63) is 82.8 Å². The highest BCUT2D eigenvalue weighted by Gasteiger charge is 2.36. The number of tetrazole rings is 1. The van der Waals surface area contributed by atoms with Crippen LogP contribution in [0.5, 0.6) is 5.75 Å². The Bertz CT molecular complexity index is 1440. The van der Waals surface area contributed by atoms with Gasteiger partial charge in [0.05, 0.1) is 7.11 Å². The zero-order chi connectivity index (χ0) is 28.2. The molecule has 1 N–H and O–H groups in total. The van der Waals surface area contributed by atoms with E-state index in [2.05, 4.69) is 20.7 Å². The molecule has 0 saturated heterocycles. The standard InChI is InChI=1S/C28H31ClN6O4/c1-18-10-15-23(39-18)25(27(37)30-28(2,3)4)34(16-20-8-6-7-9-22(20)29)24(36)17-35-32-26(31-33-35)19-11-13-21(38-5)14-12-19/h6-15,25H,16-17H2,1-5H3,(H,30,37)/t25-/m1/s1. The van der Waals surface area contributed by atoms with Crippen LogP contribution < -0.4 is 10.1 Å². The molecule has 2 aromatic heterocycles. The number of benzene rings is 2. The summed E-state index contributed by atoms with van der Waals surface area (Å²) < 4.78 is 11.1. The number of nitrogens with zero attached hydrogens (tertiary/aromatic N) is 5. The number of halogens is 1. The summed E-state index contributed by atoms with van der Waals surface area (Å²) in [5.41, 5.74) is 0.849. The lowest BCUT2D eigenvalue weighted by Crippen LogP contribution is -2.49. The van der Waals surface area contributed by atoms with Crippen LogP contribution in [0.2, 0.25) is 5.02 Å². The Kier molecular flexibility index (Phi) is 8.35. The van der Waals surface area contributed by atoms with Crippen LogP contribution in [-0.4, -0.2) is 49.6 Å². The van der Waals surface area contributed by atoms with Crippen molar-refractivity contribution in [2.75, 3.05) is 7.11 Å². The second kappa shape index (κ2) is 11.7. The van der Waals surface area contributed by atoms with E-state index in [4.69, 9.17) is 20.8 Å². The number of carbonyl (C=O) groups excluding carboxylic acids is 2. The van der Waals surface area contributed by atoms with Crippen molar-refractivity contribution >= 4 is 23.4 Å². The molecule has 1 atom stereocenters. The van der Waals surface area contributed by atoms with Crippen LogP contribution >= 0.6 is 11.6 Å². The number of carbonyl (C=O) groups is 2. The Labute approximate surface area is 231 Å². The molecule has 0 unspecified atom stereocenters. The molecule has 0 saturated carbocycles. The summed E-state index contributed by atoms with van der Waals surface area (Å²) in [5, 5.41) is 16.0. The summed E-state index contributed by atoms with van der Waals surface area (Å²) in [6.45, 7) is 7.19. The van der Waals surface area contributed by atoms with Crippen LogP contribution in [0.25, 0.3) is 11.4 Å². The monoisotopic (exact) mass is 550 g/mol. The molecular formula is C28H31ClN6O4. The summed E-state index contributed by atoms with van der Waals surface area (Å²) in [5.74, 6) is 1.20. The smallest absolute Gasteiger partial charge is 0.251 e. The van der Waals surface area contributed by atoms with Crippen molar-refractivity contribution in [2.24, 2.45) is 0 Å². The minimum absolute atomic E-state index is 0.0561. The van der Waals surface area contributed by atoms with Gasteiger partial charge in [-0.1, -0.05) is 29.8 Å². The molecule has 204 valence electrons. The Balaban J connectivity index is 1.68. The number of hydrogen-bond acceptors (Lipinski definition) is 7. The third-order valence-corrected chi connectivity index (χ3v) is 6.15. The molecule has 10 nitrogen and oxygen atoms in total. The maximum absolute atomic E-state index is 13.9. The third-order valence-electron chi connectivity index (χ3n) is 5.79. The van der Waals surface area contributed by atoms with Crippen LogP contribution in [0.1, 0.15) is 43.9 Å². The lowest BCUT2D eigenvalue weighted by atomic mass is 10.1. The Morgan fingerprint density at radius 1 is 1.10 bits per heavy atom. The molecule has 4 aromatic rings. The van der Waals surface area contributed by atoms with Crippen LogP contribution in [0.15, 0.2) is 65.1 Å². The first-order valence-corrected chi connectivity index (χ1v) is 12.8. The van der Waals surface area contributed by atoms with E-state index in [0.717, 1.165) is 5.56 Å². The largest absolute Gasteiger partial charge is 0.497 e. The average Bonchev–Trinajstić information content (AvgIpc) is 3.53. The van der Waals surface area contributed by atoms with E-state index in [1.165, 1.54) is 9.70 Å². The number of methoxy groups -OCH3 is 1. The van der Waals surface area contributed by atoms with Crippen molar-refractivity contribution in [2.45, 2.75) is 52.4 Å². The summed E-state index contributed by atoms with van der Waals surface area (Å²) in [6, 6.07) is 16.7. The molecule has 0 aliphatic rings. The number of hydrogen-bond donors (Lipinski definition) is 1. The maximum Gasteiger partial charge on any atom is 0.251 e. The summed E-state index contributed by atoms with van der Waals surface area (Å²) in [4.78, 5) is 30.1. The summed E-state index contributed by atoms with van der Waals surface area (Å²) in [6.07, 6.45) is 0. The molecule has 0 spiro atoms. The van der Waals surface area contributed by atoms with E-state index >= 15 is 0 Å². The van der Waals surface area contributed by atoms with Gasteiger partial charge >= 0.3 is 0 Å². The van der Waals surface area contributed by atoms with Crippen molar-refractivity contribution in [3.8, 4) is 17.1 Å². The van der Waals surface area contributed by atoms with Gasteiger partial charge < -0.3 is 19.4 Å². The highest BCUT2D eigenvalue weighted by atomic mass is 35.5. The summed E-state index contributed by atoms with van der Waals surface area (Å²) >= 11 is 6.46. The number of rotatable bonds is 9. The van der Waals surface area contributed by atoms with Crippen molar-refractivity contribution in [1.82, 2.24) is 30.4 Å². The van der Waals surface area contributed by atoms with E-state index < -0.39 is 17.5 Å². The molecule has 0 fully saturated rings. The number of furan rings is 1. The Hall–Kier alpha value is -4.18. The van der Waals surface area contributed by atoms with E-state index in [1.54, 1.807) is 62.6 Å². The van der Waals surface area contributed by atoms with Gasteiger partial charge in [-0.2, -0.15) is 4.80 Å². The lowest BCUT2D eigenvalue weighted by molar-refractivity contribution is -0.143. The minimum atomic E-state index is -1.06. The number of nitrogens with one attached hydrogen (secondary N) is 1. The number of amides is 2. The maximum atomic E-state index is 13.9. The van der Waals surface area contributed by atoms with E-state index in [1.807, 2.05) is 32.9 Å². The minimum Gasteiger partial charge on any atom is -0.497 e. The predicted octanol–water partition coefficient (Wildman–Crippen LogP) is 4.59. The molecule has 0 aliphatic heterocycles. The zero-order valence-electron chi connectivity index (χ0n) is 22.5. The molecule has 2 amide bonds. The molecule has 0 aliphatic carbocycles. The molecule has 2 aromatic carbocycles. The van der Waals surface area contributed by atoms with Crippen molar-refractivity contribution < 1.29 is 18.7 Å². The fourth-order valence-electron chi connectivity index (χ4n) is 3.97.